The van der Waals surface area contributed by atoms with Crippen LogP contribution in [0.3, 0.4) is 0 Å². The van der Waals surface area contributed by atoms with E-state index in [0.29, 0.717) is 17.9 Å². The highest BCUT2D eigenvalue weighted by Crippen LogP contribution is 2.29. The third-order valence-electron chi connectivity index (χ3n) is 3.50. The molecule has 2 rings (SSSR count). The number of methoxy groups -OCH3 is 1. The summed E-state index contributed by atoms with van der Waals surface area (Å²) in [6.07, 6.45) is 0.445. The first-order valence-electron chi connectivity index (χ1n) is 7.43. The third kappa shape index (κ3) is 5.47. The molecular formula is C17H19NO6S. The lowest BCUT2D eigenvalue weighted by atomic mass is 10.1. The number of carboxylic acids is 1. The van der Waals surface area contributed by atoms with Gasteiger partial charge in [-0.2, -0.15) is 0 Å². The first kappa shape index (κ1) is 18.8. The van der Waals surface area contributed by atoms with Crippen LogP contribution in [-0.4, -0.2) is 26.6 Å². The number of carbonyl (C=O) groups is 1. The highest BCUT2D eigenvalue weighted by atomic mass is 32.2. The Morgan fingerprint density at radius 3 is 2.28 bits per heavy atom. The van der Waals surface area contributed by atoms with E-state index in [9.17, 15) is 13.2 Å². The average Bonchev–Trinajstić information content (AvgIpc) is 2.58. The van der Waals surface area contributed by atoms with Crippen LogP contribution in [0.1, 0.15) is 17.5 Å². The van der Waals surface area contributed by atoms with Gasteiger partial charge in [0.05, 0.1) is 12.0 Å². The van der Waals surface area contributed by atoms with Crippen molar-refractivity contribution in [2.75, 3.05) is 7.11 Å². The predicted molar refractivity (Wildman–Crippen MR) is 91.1 cm³/mol. The number of hydrogen-bond donors (Lipinski definition) is 2. The van der Waals surface area contributed by atoms with Crippen LogP contribution >= 0.6 is 0 Å². The molecule has 0 heterocycles. The Hall–Kier alpha value is -2.58. The molecule has 0 aliphatic carbocycles. The number of carboxylic acid groups (broad SMARTS) is 1. The lowest BCUT2D eigenvalue weighted by Crippen LogP contribution is -2.12. The summed E-state index contributed by atoms with van der Waals surface area (Å²) in [7, 11) is -2.21. The Bertz CT molecular complexity index is 846. The summed E-state index contributed by atoms with van der Waals surface area (Å²) < 4.78 is 33.4. The molecule has 0 aromatic heterocycles. The highest BCUT2D eigenvalue weighted by molar-refractivity contribution is 7.89. The van der Waals surface area contributed by atoms with Crippen molar-refractivity contribution in [2.24, 2.45) is 5.14 Å². The minimum Gasteiger partial charge on any atom is -0.493 e. The minimum absolute atomic E-state index is 0.0385. The van der Waals surface area contributed by atoms with Gasteiger partial charge in [0.25, 0.3) is 0 Å². The minimum atomic E-state index is -3.72. The van der Waals surface area contributed by atoms with Gasteiger partial charge in [0.15, 0.2) is 11.5 Å². The fourth-order valence-electron chi connectivity index (χ4n) is 2.17. The zero-order valence-corrected chi connectivity index (χ0v) is 14.5. The summed E-state index contributed by atoms with van der Waals surface area (Å²) in [4.78, 5) is 10.7. The van der Waals surface area contributed by atoms with Crippen molar-refractivity contribution in [3.05, 3.63) is 53.6 Å². The zero-order chi connectivity index (χ0) is 18.4. The number of aliphatic carboxylic acids is 1. The molecule has 0 aliphatic heterocycles. The van der Waals surface area contributed by atoms with Crippen LogP contribution in [0, 0.1) is 0 Å². The van der Waals surface area contributed by atoms with Crippen molar-refractivity contribution in [3.8, 4) is 11.5 Å². The number of nitrogens with two attached hydrogens (primary N) is 1. The van der Waals surface area contributed by atoms with Gasteiger partial charge in [-0.1, -0.05) is 18.2 Å². The Morgan fingerprint density at radius 1 is 1.08 bits per heavy atom. The molecule has 0 aliphatic rings. The van der Waals surface area contributed by atoms with Gasteiger partial charge in [0, 0.05) is 6.42 Å². The van der Waals surface area contributed by atoms with Crippen molar-refractivity contribution >= 4 is 16.0 Å². The van der Waals surface area contributed by atoms with Crippen LogP contribution in [0.4, 0.5) is 0 Å². The largest absolute Gasteiger partial charge is 0.493 e. The number of hydrogen-bond acceptors (Lipinski definition) is 5. The number of aryl methyl sites for hydroxylation is 1. The maximum atomic E-state index is 11.2. The molecule has 0 spiro atoms. The van der Waals surface area contributed by atoms with Crippen LogP contribution < -0.4 is 14.6 Å². The summed E-state index contributed by atoms with van der Waals surface area (Å²) in [5, 5.41) is 13.8. The third-order valence-corrected chi connectivity index (χ3v) is 4.43. The molecule has 134 valence electrons. The SMILES string of the molecule is COc1cc(CCC(=O)O)ccc1OCc1ccc(S(N)(=O)=O)cc1. The van der Waals surface area contributed by atoms with Crippen LogP contribution in [0.15, 0.2) is 47.4 Å². The average molecular weight is 365 g/mol. The molecule has 0 fully saturated rings. The number of rotatable bonds is 8. The Morgan fingerprint density at radius 2 is 1.72 bits per heavy atom. The second-order valence-electron chi connectivity index (χ2n) is 5.36. The van der Waals surface area contributed by atoms with E-state index in [2.05, 4.69) is 0 Å². The summed E-state index contributed by atoms with van der Waals surface area (Å²) in [6, 6.07) is 11.3. The maximum absolute atomic E-state index is 11.2. The van der Waals surface area contributed by atoms with E-state index in [0.717, 1.165) is 11.1 Å². The number of benzene rings is 2. The second kappa shape index (κ2) is 8.00. The van der Waals surface area contributed by atoms with Crippen molar-refractivity contribution in [3.63, 3.8) is 0 Å². The Labute approximate surface area is 146 Å². The molecule has 0 unspecified atom stereocenters. The molecule has 25 heavy (non-hydrogen) atoms. The molecule has 8 heteroatoms. The van der Waals surface area contributed by atoms with Crippen molar-refractivity contribution < 1.29 is 27.8 Å². The van der Waals surface area contributed by atoms with Gasteiger partial charge in [-0.25, -0.2) is 13.6 Å². The summed E-state index contributed by atoms with van der Waals surface area (Å²) >= 11 is 0. The van der Waals surface area contributed by atoms with Crippen molar-refractivity contribution in [1.29, 1.82) is 0 Å². The van der Waals surface area contributed by atoms with Crippen LogP contribution in [0.2, 0.25) is 0 Å². The second-order valence-corrected chi connectivity index (χ2v) is 6.92. The van der Waals surface area contributed by atoms with Gasteiger partial charge < -0.3 is 14.6 Å². The van der Waals surface area contributed by atoms with Gasteiger partial charge in [-0.3, -0.25) is 4.79 Å². The normalized spacial score (nSPS) is 11.1. The fraction of sp³-hybridized carbons (Fsp3) is 0.235. The van der Waals surface area contributed by atoms with E-state index in [1.807, 2.05) is 0 Å². The molecule has 0 amide bonds. The fourth-order valence-corrected chi connectivity index (χ4v) is 2.69. The lowest BCUT2D eigenvalue weighted by molar-refractivity contribution is -0.136. The van der Waals surface area contributed by atoms with Crippen LogP contribution in [-0.2, 0) is 27.8 Å². The van der Waals surface area contributed by atoms with E-state index in [-0.39, 0.29) is 17.9 Å². The zero-order valence-electron chi connectivity index (χ0n) is 13.6. The van der Waals surface area contributed by atoms with E-state index < -0.39 is 16.0 Å². The predicted octanol–water partition coefficient (Wildman–Crippen LogP) is 1.94. The lowest BCUT2D eigenvalue weighted by Gasteiger charge is -2.12. The smallest absolute Gasteiger partial charge is 0.303 e. The van der Waals surface area contributed by atoms with E-state index in [1.165, 1.54) is 19.2 Å². The summed E-state index contributed by atoms with van der Waals surface area (Å²) in [5.74, 6) is 0.156. The van der Waals surface area contributed by atoms with Gasteiger partial charge >= 0.3 is 5.97 Å². The first-order chi connectivity index (χ1) is 11.8. The molecule has 0 saturated heterocycles. The van der Waals surface area contributed by atoms with E-state index >= 15 is 0 Å². The highest BCUT2D eigenvalue weighted by Gasteiger charge is 2.09. The molecule has 0 radical (unpaired) electrons. The van der Waals surface area contributed by atoms with Crippen molar-refractivity contribution in [2.45, 2.75) is 24.3 Å². The molecule has 0 atom stereocenters. The first-order valence-corrected chi connectivity index (χ1v) is 8.97. The van der Waals surface area contributed by atoms with E-state index in [4.69, 9.17) is 19.7 Å². The molecule has 2 aromatic carbocycles. The van der Waals surface area contributed by atoms with Gasteiger partial charge in [-0.15, -0.1) is 0 Å². The molecule has 2 aromatic rings. The Balaban J connectivity index is 2.05. The van der Waals surface area contributed by atoms with Crippen LogP contribution in [0.25, 0.3) is 0 Å². The summed E-state index contributed by atoms with van der Waals surface area (Å²) in [6.45, 7) is 0.218. The molecule has 7 nitrogen and oxygen atoms in total. The van der Waals surface area contributed by atoms with Gasteiger partial charge in [-0.05, 0) is 41.8 Å². The number of sulfonamides is 1. The Kier molecular flexibility index (Phi) is 6.00. The van der Waals surface area contributed by atoms with Gasteiger partial charge in [0.2, 0.25) is 10.0 Å². The van der Waals surface area contributed by atoms with E-state index in [1.54, 1.807) is 30.3 Å². The number of primary sulfonamides is 1. The monoisotopic (exact) mass is 365 g/mol. The standard InChI is InChI=1S/C17H19NO6S/c1-23-16-10-12(5-9-17(19)20)4-8-15(16)24-11-13-2-6-14(7-3-13)25(18,21)22/h2-4,6-8,10H,5,9,11H2,1H3,(H,19,20)(H2,18,21,22). The molecule has 0 bridgehead atoms. The molecule has 3 N–H and O–H groups in total. The summed E-state index contributed by atoms with van der Waals surface area (Å²) in [5.41, 5.74) is 1.61. The molecular weight excluding hydrogens is 346 g/mol. The van der Waals surface area contributed by atoms with Crippen LogP contribution in [0.5, 0.6) is 11.5 Å². The number of ether oxygens (including phenoxy) is 2. The maximum Gasteiger partial charge on any atom is 0.303 e. The van der Waals surface area contributed by atoms with Gasteiger partial charge in [0.1, 0.15) is 6.61 Å². The van der Waals surface area contributed by atoms with Crippen molar-refractivity contribution in [1.82, 2.24) is 0 Å². The molecule has 0 saturated carbocycles. The quantitative estimate of drug-likeness (QED) is 0.738. The topological polar surface area (TPSA) is 116 Å².